The van der Waals surface area contributed by atoms with Crippen LogP contribution < -0.4 is 10.2 Å². The van der Waals surface area contributed by atoms with Gasteiger partial charge in [0.15, 0.2) is 0 Å². The van der Waals surface area contributed by atoms with Crippen LogP contribution in [0.1, 0.15) is 24.1 Å². The number of halogens is 1. The number of hydrogen-bond donors (Lipinski definition) is 2. The maximum atomic E-state index is 13.2. The third kappa shape index (κ3) is 4.62. The topological polar surface area (TPSA) is 130 Å². The number of hydrogen-bond acceptors (Lipinski definition) is 6. The van der Waals surface area contributed by atoms with Gasteiger partial charge in [-0.15, -0.1) is 0 Å². The number of aliphatic hydroxyl groups is 1. The Morgan fingerprint density at radius 1 is 1.00 bits per heavy atom. The van der Waals surface area contributed by atoms with Crippen LogP contribution in [-0.4, -0.2) is 27.6 Å². The second-order valence-electron chi connectivity index (χ2n) is 7.75. The molecule has 1 aliphatic rings. The Hall–Kier alpha value is -4.50. The summed E-state index contributed by atoms with van der Waals surface area (Å²) < 4.78 is 0. The van der Waals surface area contributed by atoms with Gasteiger partial charge in [-0.1, -0.05) is 11.6 Å². The van der Waals surface area contributed by atoms with Crippen LogP contribution in [0.3, 0.4) is 0 Å². The third-order valence-corrected chi connectivity index (χ3v) is 5.70. The molecule has 0 radical (unpaired) electrons. The monoisotopic (exact) mass is 491 g/mol. The van der Waals surface area contributed by atoms with Gasteiger partial charge in [-0.2, -0.15) is 0 Å². The second kappa shape index (κ2) is 9.40. The van der Waals surface area contributed by atoms with Crippen LogP contribution in [0.5, 0.6) is 0 Å². The van der Waals surface area contributed by atoms with Crippen LogP contribution in [0, 0.1) is 10.1 Å². The van der Waals surface area contributed by atoms with E-state index in [0.717, 1.165) is 0 Å². The molecule has 4 rings (SSSR count). The molecular weight excluding hydrogens is 474 g/mol. The highest BCUT2D eigenvalue weighted by molar-refractivity contribution is 6.51. The Morgan fingerprint density at radius 2 is 1.60 bits per heavy atom. The van der Waals surface area contributed by atoms with E-state index in [4.69, 9.17) is 11.6 Å². The molecular formula is C25H18ClN3O6. The molecule has 0 bridgehead atoms. The van der Waals surface area contributed by atoms with E-state index in [1.165, 1.54) is 60.4 Å². The van der Waals surface area contributed by atoms with Gasteiger partial charge in [0.05, 0.1) is 16.5 Å². The van der Waals surface area contributed by atoms with E-state index in [1.807, 2.05) is 0 Å². The van der Waals surface area contributed by atoms with E-state index in [-0.39, 0.29) is 22.7 Å². The van der Waals surface area contributed by atoms with Crippen molar-refractivity contribution in [1.29, 1.82) is 0 Å². The van der Waals surface area contributed by atoms with Crippen molar-refractivity contribution in [3.05, 3.63) is 105 Å². The Labute approximate surface area is 204 Å². The number of rotatable bonds is 5. The van der Waals surface area contributed by atoms with Crippen LogP contribution in [0.15, 0.2) is 78.4 Å². The number of nitro benzene ring substituents is 1. The Bertz CT molecular complexity index is 1370. The van der Waals surface area contributed by atoms with Crippen LogP contribution in [0.2, 0.25) is 5.02 Å². The summed E-state index contributed by atoms with van der Waals surface area (Å²) in [5.41, 5.74) is 1.15. The molecule has 0 spiro atoms. The SMILES string of the molecule is CC(=O)Nc1ccc(N2C(=O)C(=O)/C(=C(/O)c3ccc(Cl)cc3)[C@H]2c2ccc([N+](=O)[O-])cc2)cc1. The molecule has 1 atom stereocenters. The smallest absolute Gasteiger partial charge is 0.300 e. The average Bonchev–Trinajstić information content (AvgIpc) is 3.10. The molecule has 3 aromatic carbocycles. The lowest BCUT2D eigenvalue weighted by atomic mass is 9.95. The van der Waals surface area contributed by atoms with Crippen molar-refractivity contribution < 1.29 is 24.4 Å². The number of Topliss-reactive ketones (excluding diaryl/α,β-unsaturated/α-hetero) is 1. The summed E-state index contributed by atoms with van der Waals surface area (Å²) in [4.78, 5) is 49.4. The van der Waals surface area contributed by atoms with E-state index < -0.39 is 28.4 Å². The summed E-state index contributed by atoms with van der Waals surface area (Å²) in [5.74, 6) is -2.46. The van der Waals surface area contributed by atoms with Gasteiger partial charge in [0.25, 0.3) is 17.4 Å². The molecule has 1 aliphatic heterocycles. The minimum atomic E-state index is -1.06. The molecule has 1 saturated heterocycles. The Morgan fingerprint density at radius 3 is 2.14 bits per heavy atom. The van der Waals surface area contributed by atoms with Crippen molar-refractivity contribution in [3.63, 3.8) is 0 Å². The van der Waals surface area contributed by atoms with Gasteiger partial charge >= 0.3 is 0 Å². The molecule has 0 aromatic heterocycles. The number of amides is 2. The number of aliphatic hydroxyl groups excluding tert-OH is 1. The predicted molar refractivity (Wildman–Crippen MR) is 130 cm³/mol. The van der Waals surface area contributed by atoms with Crippen LogP contribution in [-0.2, 0) is 14.4 Å². The summed E-state index contributed by atoms with van der Waals surface area (Å²) in [7, 11) is 0. The molecule has 0 unspecified atom stereocenters. The lowest BCUT2D eigenvalue weighted by Gasteiger charge is -2.25. The lowest BCUT2D eigenvalue weighted by molar-refractivity contribution is -0.384. The van der Waals surface area contributed by atoms with E-state index >= 15 is 0 Å². The number of anilines is 2. The standard InChI is InChI=1S/C25H18ClN3O6/c1-14(30)27-18-8-12-19(13-9-18)28-22(15-4-10-20(11-5-15)29(34)35)21(24(32)25(28)33)23(31)16-2-6-17(26)7-3-16/h2-13,22,31H,1H3,(H,27,30)/b23-21+/t22-/m1/s1. The van der Waals surface area contributed by atoms with Crippen LogP contribution >= 0.6 is 11.6 Å². The van der Waals surface area contributed by atoms with E-state index in [0.29, 0.717) is 22.0 Å². The minimum absolute atomic E-state index is 0.164. The Kier molecular flexibility index (Phi) is 6.35. The first-order valence-electron chi connectivity index (χ1n) is 10.4. The predicted octanol–water partition coefficient (Wildman–Crippen LogP) is 4.83. The molecule has 9 nitrogen and oxygen atoms in total. The molecule has 35 heavy (non-hydrogen) atoms. The molecule has 0 saturated carbocycles. The molecule has 176 valence electrons. The quantitative estimate of drug-likeness (QED) is 0.173. The van der Waals surface area contributed by atoms with Crippen molar-refractivity contribution >= 4 is 52.0 Å². The van der Waals surface area contributed by atoms with Gasteiger partial charge in [-0.05, 0) is 66.2 Å². The zero-order chi connectivity index (χ0) is 25.3. The Balaban J connectivity index is 1.87. The highest BCUT2D eigenvalue weighted by Gasteiger charge is 2.47. The molecule has 10 heteroatoms. The second-order valence-corrected chi connectivity index (χ2v) is 8.19. The molecule has 2 amide bonds. The van der Waals surface area contributed by atoms with Crippen molar-refractivity contribution in [2.24, 2.45) is 0 Å². The first-order chi connectivity index (χ1) is 16.7. The highest BCUT2D eigenvalue weighted by atomic mass is 35.5. The fourth-order valence-corrected chi connectivity index (χ4v) is 3.99. The van der Waals surface area contributed by atoms with Gasteiger partial charge in [-0.3, -0.25) is 29.4 Å². The lowest BCUT2D eigenvalue weighted by Crippen LogP contribution is -2.29. The van der Waals surface area contributed by atoms with E-state index in [1.54, 1.807) is 24.3 Å². The number of benzene rings is 3. The summed E-state index contributed by atoms with van der Waals surface area (Å²) in [6, 6.07) is 16.7. The van der Waals surface area contributed by atoms with Gasteiger partial charge < -0.3 is 10.4 Å². The summed E-state index contributed by atoms with van der Waals surface area (Å²) in [5, 5.41) is 25.2. The van der Waals surface area contributed by atoms with Crippen molar-refractivity contribution in [3.8, 4) is 0 Å². The zero-order valence-corrected chi connectivity index (χ0v) is 19.0. The fraction of sp³-hybridized carbons (Fsp3) is 0.0800. The summed E-state index contributed by atoms with van der Waals surface area (Å²) in [6.45, 7) is 1.36. The fourth-order valence-electron chi connectivity index (χ4n) is 3.86. The van der Waals surface area contributed by atoms with Crippen molar-refractivity contribution in [2.75, 3.05) is 10.2 Å². The molecule has 3 aromatic rings. The van der Waals surface area contributed by atoms with Crippen molar-refractivity contribution in [2.45, 2.75) is 13.0 Å². The molecule has 1 heterocycles. The van der Waals surface area contributed by atoms with E-state index in [9.17, 15) is 29.6 Å². The van der Waals surface area contributed by atoms with Gasteiger partial charge in [0, 0.05) is 41.0 Å². The molecule has 2 N–H and O–H groups in total. The van der Waals surface area contributed by atoms with Gasteiger partial charge in [0.2, 0.25) is 5.91 Å². The number of ketones is 1. The van der Waals surface area contributed by atoms with Crippen LogP contribution in [0.4, 0.5) is 17.1 Å². The largest absolute Gasteiger partial charge is 0.507 e. The first kappa shape index (κ1) is 23.7. The number of nitro groups is 1. The normalized spacial score (nSPS) is 16.9. The third-order valence-electron chi connectivity index (χ3n) is 5.45. The first-order valence-corrected chi connectivity index (χ1v) is 10.7. The number of carbonyl (C=O) groups excluding carboxylic acids is 3. The number of nitrogens with one attached hydrogen (secondary N) is 1. The summed E-state index contributed by atoms with van der Waals surface area (Å²) >= 11 is 5.93. The number of non-ortho nitro benzene ring substituents is 1. The van der Waals surface area contributed by atoms with Crippen molar-refractivity contribution in [1.82, 2.24) is 0 Å². The highest BCUT2D eigenvalue weighted by Crippen LogP contribution is 2.42. The van der Waals surface area contributed by atoms with Crippen LogP contribution in [0.25, 0.3) is 5.76 Å². The summed E-state index contributed by atoms with van der Waals surface area (Å²) in [6.07, 6.45) is 0. The number of carbonyl (C=O) groups is 3. The maximum Gasteiger partial charge on any atom is 0.300 e. The van der Waals surface area contributed by atoms with Gasteiger partial charge in [-0.25, -0.2) is 0 Å². The number of nitrogens with zero attached hydrogens (tertiary/aromatic N) is 2. The minimum Gasteiger partial charge on any atom is -0.507 e. The van der Waals surface area contributed by atoms with E-state index in [2.05, 4.69) is 5.32 Å². The molecule has 1 fully saturated rings. The maximum absolute atomic E-state index is 13.2. The average molecular weight is 492 g/mol. The van der Waals surface area contributed by atoms with Gasteiger partial charge in [0.1, 0.15) is 5.76 Å². The molecule has 0 aliphatic carbocycles. The zero-order valence-electron chi connectivity index (χ0n) is 18.3.